The van der Waals surface area contributed by atoms with Crippen LogP contribution in [0.2, 0.25) is 0 Å². The maximum absolute atomic E-state index is 4.63. The van der Waals surface area contributed by atoms with Gasteiger partial charge >= 0.3 is 0 Å². The third kappa shape index (κ3) is 5.56. The highest BCUT2D eigenvalue weighted by atomic mass is 32.2. The highest BCUT2D eigenvalue weighted by Gasteiger charge is 2.07. The normalized spacial score (nSPS) is 11.2. The van der Waals surface area contributed by atoms with E-state index in [0.29, 0.717) is 0 Å². The van der Waals surface area contributed by atoms with Gasteiger partial charge in [0, 0.05) is 39.9 Å². The van der Waals surface area contributed by atoms with Crippen LogP contribution < -0.4 is 0 Å². The summed E-state index contributed by atoms with van der Waals surface area (Å²) in [6, 6.07) is 14.4. The van der Waals surface area contributed by atoms with E-state index in [1.165, 1.54) is 15.4 Å². The number of imidazole rings is 1. The number of aromatic amines is 1. The van der Waals surface area contributed by atoms with Crippen LogP contribution in [0.3, 0.4) is 0 Å². The van der Waals surface area contributed by atoms with E-state index in [-0.39, 0.29) is 0 Å². The van der Waals surface area contributed by atoms with Crippen molar-refractivity contribution in [2.24, 2.45) is 0 Å². The topological polar surface area (TPSA) is 54.5 Å². The van der Waals surface area contributed by atoms with Crippen molar-refractivity contribution < 1.29 is 0 Å². The van der Waals surface area contributed by atoms with E-state index in [1.807, 2.05) is 60.7 Å². The summed E-state index contributed by atoms with van der Waals surface area (Å²) < 4.78 is 0. The largest absolute Gasteiger partial charge is 0.333 e. The number of thioether (sulfide) groups is 3. The van der Waals surface area contributed by atoms with E-state index >= 15 is 0 Å². The molecule has 0 bridgehead atoms. The van der Waals surface area contributed by atoms with Crippen molar-refractivity contribution in [2.45, 2.75) is 34.0 Å². The molecule has 148 valence electrons. The monoisotopic (exact) mass is 438 g/mol. The van der Waals surface area contributed by atoms with Gasteiger partial charge in [0.25, 0.3) is 0 Å². The van der Waals surface area contributed by atoms with Crippen molar-refractivity contribution in [3.05, 3.63) is 72.3 Å². The third-order valence-corrected chi connectivity index (χ3v) is 7.67. The number of H-pyrrole nitrogens is 1. The van der Waals surface area contributed by atoms with Crippen molar-refractivity contribution in [2.75, 3.05) is 11.5 Å². The average molecular weight is 439 g/mol. The summed E-state index contributed by atoms with van der Waals surface area (Å²) in [5.74, 6) is 3.03. The lowest BCUT2D eigenvalue weighted by molar-refractivity contribution is 1.05. The summed E-state index contributed by atoms with van der Waals surface area (Å²) in [6.45, 7) is 2.18. The van der Waals surface area contributed by atoms with Gasteiger partial charge in [-0.25, -0.2) is 4.98 Å². The summed E-state index contributed by atoms with van der Waals surface area (Å²) in [5.41, 5.74) is 4.60. The standard InChI is InChI=1S/C22H22N4S3/c1-16-20(15-29-17-7-10-23-11-8-17)24-12-9-21(16)27-13-4-14-28-22-25-18-5-2-3-6-19(18)26-22/h2-3,5-12H,4,13-15H2,1H3,(H,25,26). The Morgan fingerprint density at radius 2 is 1.72 bits per heavy atom. The minimum Gasteiger partial charge on any atom is -0.333 e. The second kappa shape index (κ2) is 10.2. The zero-order valence-electron chi connectivity index (χ0n) is 16.2. The summed E-state index contributed by atoms with van der Waals surface area (Å²) >= 11 is 5.52. The molecule has 0 aliphatic heterocycles. The van der Waals surface area contributed by atoms with E-state index in [9.17, 15) is 0 Å². The number of aromatic nitrogens is 4. The minimum atomic E-state index is 0.881. The smallest absolute Gasteiger partial charge is 0.166 e. The molecule has 3 aromatic heterocycles. The quantitative estimate of drug-likeness (QED) is 0.247. The molecule has 1 aromatic carbocycles. The molecular weight excluding hydrogens is 416 g/mol. The number of hydrogen-bond acceptors (Lipinski definition) is 6. The van der Waals surface area contributed by atoms with Gasteiger partial charge < -0.3 is 4.98 Å². The fourth-order valence-electron chi connectivity index (χ4n) is 2.85. The molecule has 4 nitrogen and oxygen atoms in total. The number of benzene rings is 1. The first kappa shape index (κ1) is 20.3. The molecule has 0 saturated carbocycles. The van der Waals surface area contributed by atoms with E-state index < -0.39 is 0 Å². The highest BCUT2D eigenvalue weighted by molar-refractivity contribution is 8.00. The Morgan fingerprint density at radius 1 is 0.897 bits per heavy atom. The van der Waals surface area contributed by atoms with Crippen LogP contribution in [0.1, 0.15) is 17.7 Å². The van der Waals surface area contributed by atoms with Gasteiger partial charge in [-0.05, 0) is 55.0 Å². The lowest BCUT2D eigenvalue weighted by Gasteiger charge is -2.10. The molecule has 3 heterocycles. The summed E-state index contributed by atoms with van der Waals surface area (Å²) in [7, 11) is 0. The summed E-state index contributed by atoms with van der Waals surface area (Å²) in [6.07, 6.45) is 6.73. The molecule has 0 saturated heterocycles. The molecule has 4 rings (SSSR count). The molecule has 0 fully saturated rings. The molecule has 0 amide bonds. The van der Waals surface area contributed by atoms with E-state index in [2.05, 4.69) is 39.0 Å². The van der Waals surface area contributed by atoms with E-state index in [4.69, 9.17) is 0 Å². The molecule has 0 atom stereocenters. The van der Waals surface area contributed by atoms with Crippen LogP contribution in [-0.2, 0) is 5.75 Å². The Bertz CT molecular complexity index is 1030. The zero-order chi connectivity index (χ0) is 19.9. The van der Waals surface area contributed by atoms with Crippen LogP contribution in [0.4, 0.5) is 0 Å². The molecular formula is C22H22N4S3. The van der Waals surface area contributed by atoms with Crippen LogP contribution in [0.5, 0.6) is 0 Å². The summed E-state index contributed by atoms with van der Waals surface area (Å²) in [4.78, 5) is 19.2. The molecule has 0 aliphatic rings. The van der Waals surface area contributed by atoms with Crippen LogP contribution in [0, 0.1) is 6.92 Å². The molecule has 4 aromatic rings. The maximum Gasteiger partial charge on any atom is 0.166 e. The SMILES string of the molecule is Cc1c(SCCCSc2nc3ccccc3[nH]2)ccnc1CSc1ccncc1. The number of nitrogens with one attached hydrogen (secondary N) is 1. The molecule has 1 N–H and O–H groups in total. The number of pyridine rings is 2. The van der Waals surface area contributed by atoms with Gasteiger partial charge in [0.15, 0.2) is 5.16 Å². The fraction of sp³-hybridized carbons (Fsp3) is 0.227. The van der Waals surface area contributed by atoms with Gasteiger partial charge in [-0.3, -0.25) is 9.97 Å². The van der Waals surface area contributed by atoms with Crippen molar-refractivity contribution in [1.29, 1.82) is 0 Å². The first-order valence-corrected chi connectivity index (χ1v) is 12.4. The Hall–Kier alpha value is -1.96. The molecule has 0 unspecified atom stereocenters. The predicted molar refractivity (Wildman–Crippen MR) is 125 cm³/mol. The Kier molecular flexibility index (Phi) is 7.14. The van der Waals surface area contributed by atoms with Gasteiger partial charge in [0.2, 0.25) is 0 Å². The molecule has 0 spiro atoms. The molecule has 0 aliphatic carbocycles. The van der Waals surface area contributed by atoms with Crippen molar-refractivity contribution in [3.63, 3.8) is 0 Å². The lowest BCUT2D eigenvalue weighted by atomic mass is 10.2. The van der Waals surface area contributed by atoms with Crippen molar-refractivity contribution >= 4 is 46.3 Å². The third-order valence-electron chi connectivity index (χ3n) is 4.44. The number of nitrogens with zero attached hydrogens (tertiary/aromatic N) is 3. The Morgan fingerprint density at radius 3 is 2.59 bits per heavy atom. The van der Waals surface area contributed by atoms with Gasteiger partial charge in [-0.1, -0.05) is 23.9 Å². The second-order valence-electron chi connectivity index (χ2n) is 6.46. The second-order valence-corrected chi connectivity index (χ2v) is 9.73. The van der Waals surface area contributed by atoms with Crippen molar-refractivity contribution in [3.8, 4) is 0 Å². The Labute approximate surface area is 183 Å². The molecule has 29 heavy (non-hydrogen) atoms. The number of fused-ring (bicyclic) bond motifs is 1. The highest BCUT2D eigenvalue weighted by Crippen LogP contribution is 2.29. The number of hydrogen-bond donors (Lipinski definition) is 1. The van der Waals surface area contributed by atoms with Crippen molar-refractivity contribution in [1.82, 2.24) is 19.9 Å². The summed E-state index contributed by atoms with van der Waals surface area (Å²) in [5, 5.41) is 1.01. The molecule has 7 heteroatoms. The fourth-order valence-corrected chi connectivity index (χ4v) is 5.77. The van der Waals surface area contributed by atoms with Crippen LogP contribution in [-0.4, -0.2) is 31.4 Å². The van der Waals surface area contributed by atoms with Crippen LogP contribution in [0.15, 0.2) is 76.0 Å². The van der Waals surface area contributed by atoms with Crippen LogP contribution >= 0.6 is 35.3 Å². The first-order valence-electron chi connectivity index (χ1n) is 9.47. The Balaban J connectivity index is 1.25. The lowest BCUT2D eigenvalue weighted by Crippen LogP contribution is -1.95. The van der Waals surface area contributed by atoms with Gasteiger partial charge in [-0.15, -0.1) is 23.5 Å². The minimum absolute atomic E-state index is 0.881. The van der Waals surface area contributed by atoms with Gasteiger partial charge in [-0.2, -0.15) is 0 Å². The average Bonchev–Trinajstić information content (AvgIpc) is 3.17. The van der Waals surface area contributed by atoms with Gasteiger partial charge in [0.05, 0.1) is 16.7 Å². The van der Waals surface area contributed by atoms with Gasteiger partial charge in [0.1, 0.15) is 0 Å². The molecule has 0 radical (unpaired) electrons. The number of para-hydroxylation sites is 2. The maximum atomic E-state index is 4.63. The number of rotatable bonds is 9. The van der Waals surface area contributed by atoms with E-state index in [1.54, 1.807) is 23.5 Å². The first-order chi connectivity index (χ1) is 14.3. The van der Waals surface area contributed by atoms with E-state index in [0.717, 1.165) is 45.6 Å². The zero-order valence-corrected chi connectivity index (χ0v) is 18.6. The predicted octanol–water partition coefficient (Wildman–Crippen LogP) is 6.23. The van der Waals surface area contributed by atoms with Crippen LogP contribution in [0.25, 0.3) is 11.0 Å².